The van der Waals surface area contributed by atoms with E-state index in [1.165, 1.54) is 5.69 Å². The minimum Gasteiger partial charge on any atom is -0.444 e. The summed E-state index contributed by atoms with van der Waals surface area (Å²) in [5.41, 5.74) is 3.43. The number of benzene rings is 1. The van der Waals surface area contributed by atoms with Gasteiger partial charge in [0.05, 0.1) is 43.2 Å². The molecule has 1 atom stereocenters. The van der Waals surface area contributed by atoms with Gasteiger partial charge in [-0.1, -0.05) is 12.1 Å². The third-order valence-corrected chi connectivity index (χ3v) is 7.50. The van der Waals surface area contributed by atoms with Crippen LogP contribution in [0.5, 0.6) is 0 Å². The van der Waals surface area contributed by atoms with Crippen LogP contribution >= 0.6 is 0 Å². The standard InChI is InChI=1S/C30H39N9O3/c1-30(2,3)42-29(40)37-9-5-7-23(18-37)19-38-21-25(17-32-38)34-28-31-15-24-16-33-39(27(24)35-28)20-22-6-4-8-26(14-22)36-10-12-41-13-11-36/h4,6,8,14-17,21,23H,5,7,9-13,18-20H2,1-3H3,(H,31,34,35). The van der Waals surface area contributed by atoms with E-state index in [4.69, 9.17) is 14.5 Å². The largest absolute Gasteiger partial charge is 0.444 e. The first-order chi connectivity index (χ1) is 20.3. The molecule has 1 N–H and O–H groups in total. The van der Waals surface area contributed by atoms with E-state index in [1.54, 1.807) is 18.6 Å². The highest BCUT2D eigenvalue weighted by Gasteiger charge is 2.28. The minimum atomic E-state index is -0.497. The van der Waals surface area contributed by atoms with Gasteiger partial charge in [-0.25, -0.2) is 14.5 Å². The average Bonchev–Trinajstić information content (AvgIpc) is 3.59. The van der Waals surface area contributed by atoms with Crippen LogP contribution in [0, 0.1) is 5.92 Å². The lowest BCUT2D eigenvalue weighted by molar-refractivity contribution is 0.0155. The molecule has 5 heterocycles. The smallest absolute Gasteiger partial charge is 0.410 e. The number of hydrogen-bond donors (Lipinski definition) is 1. The quantitative estimate of drug-likeness (QED) is 0.346. The molecule has 12 heteroatoms. The molecule has 0 saturated carbocycles. The van der Waals surface area contributed by atoms with Crippen molar-refractivity contribution >= 4 is 34.4 Å². The van der Waals surface area contributed by atoms with Crippen LogP contribution in [0.4, 0.5) is 22.1 Å². The molecule has 0 spiro atoms. The zero-order chi connectivity index (χ0) is 29.1. The van der Waals surface area contributed by atoms with Gasteiger partial charge in [-0.15, -0.1) is 0 Å². The second-order valence-electron chi connectivity index (χ2n) is 12.1. The number of likely N-dealkylation sites (tertiary alicyclic amines) is 1. The van der Waals surface area contributed by atoms with E-state index in [0.717, 1.165) is 74.5 Å². The van der Waals surface area contributed by atoms with E-state index >= 15 is 0 Å². The molecule has 2 saturated heterocycles. The molecule has 42 heavy (non-hydrogen) atoms. The Balaban J connectivity index is 1.09. The topological polar surface area (TPSA) is 115 Å². The summed E-state index contributed by atoms with van der Waals surface area (Å²) in [7, 11) is 0. The van der Waals surface area contributed by atoms with Crippen LogP contribution < -0.4 is 10.2 Å². The average molecular weight is 574 g/mol. The van der Waals surface area contributed by atoms with Crippen molar-refractivity contribution < 1.29 is 14.3 Å². The molecular weight excluding hydrogens is 534 g/mol. The summed E-state index contributed by atoms with van der Waals surface area (Å²) >= 11 is 0. The molecule has 1 aromatic carbocycles. The van der Waals surface area contributed by atoms with Gasteiger partial charge in [0, 0.05) is 50.8 Å². The number of hydrogen-bond acceptors (Lipinski definition) is 9. The summed E-state index contributed by atoms with van der Waals surface area (Å²) in [5, 5.41) is 13.3. The van der Waals surface area contributed by atoms with Crippen molar-refractivity contribution in [2.45, 2.75) is 52.3 Å². The Kier molecular flexibility index (Phi) is 7.96. The van der Waals surface area contributed by atoms with Crippen LogP contribution in [-0.4, -0.2) is 85.5 Å². The normalized spacial score (nSPS) is 17.9. The van der Waals surface area contributed by atoms with Crippen LogP contribution in [-0.2, 0) is 22.6 Å². The van der Waals surface area contributed by atoms with Crippen molar-refractivity contribution in [3.8, 4) is 0 Å². The van der Waals surface area contributed by atoms with Gasteiger partial charge in [-0.3, -0.25) is 4.68 Å². The molecule has 3 aromatic heterocycles. The number of rotatable bonds is 7. The van der Waals surface area contributed by atoms with Gasteiger partial charge in [0.15, 0.2) is 5.65 Å². The number of anilines is 3. The van der Waals surface area contributed by atoms with Crippen LogP contribution in [0.2, 0.25) is 0 Å². The second kappa shape index (κ2) is 12.0. The maximum Gasteiger partial charge on any atom is 0.410 e. The number of nitrogens with zero attached hydrogens (tertiary/aromatic N) is 8. The maximum atomic E-state index is 12.5. The van der Waals surface area contributed by atoms with Gasteiger partial charge in [0.1, 0.15) is 5.60 Å². The molecule has 2 aliphatic rings. The number of ether oxygens (including phenoxy) is 2. The Morgan fingerprint density at radius 2 is 1.98 bits per heavy atom. The van der Waals surface area contributed by atoms with Crippen molar-refractivity contribution in [3.05, 3.63) is 54.6 Å². The fourth-order valence-electron chi connectivity index (χ4n) is 5.52. The number of nitrogens with one attached hydrogen (secondary N) is 1. The number of piperidine rings is 1. The Hall–Kier alpha value is -4.19. The Morgan fingerprint density at radius 3 is 2.81 bits per heavy atom. The molecule has 4 aromatic rings. The zero-order valence-electron chi connectivity index (χ0n) is 24.6. The fraction of sp³-hybridized carbons (Fsp3) is 0.500. The van der Waals surface area contributed by atoms with Crippen LogP contribution in [0.3, 0.4) is 0 Å². The zero-order valence-corrected chi connectivity index (χ0v) is 24.6. The summed E-state index contributed by atoms with van der Waals surface area (Å²) in [4.78, 5) is 26.0. The number of amides is 1. The molecule has 2 fully saturated rings. The number of carbonyl (C=O) groups excluding carboxylic acids is 1. The fourth-order valence-corrected chi connectivity index (χ4v) is 5.52. The van der Waals surface area contributed by atoms with Gasteiger partial charge in [-0.2, -0.15) is 15.2 Å². The first-order valence-corrected chi connectivity index (χ1v) is 14.7. The molecule has 0 radical (unpaired) electrons. The molecule has 222 valence electrons. The van der Waals surface area contributed by atoms with Crippen molar-refractivity contribution in [1.82, 2.24) is 34.4 Å². The SMILES string of the molecule is CC(C)(C)OC(=O)N1CCCC(Cn2cc(Nc3ncc4cnn(Cc5cccc(N6CCOCC6)c5)c4n3)cn2)C1. The lowest BCUT2D eigenvalue weighted by Gasteiger charge is -2.34. The second-order valence-corrected chi connectivity index (χ2v) is 12.1. The molecule has 0 aliphatic carbocycles. The Labute approximate surface area is 245 Å². The molecule has 0 bridgehead atoms. The maximum absolute atomic E-state index is 12.5. The molecule has 1 unspecified atom stereocenters. The molecule has 2 aliphatic heterocycles. The summed E-state index contributed by atoms with van der Waals surface area (Å²) in [6, 6.07) is 8.57. The number of morpholine rings is 1. The highest BCUT2D eigenvalue weighted by atomic mass is 16.6. The van der Waals surface area contributed by atoms with E-state index in [-0.39, 0.29) is 6.09 Å². The summed E-state index contributed by atoms with van der Waals surface area (Å²) in [6.45, 7) is 11.7. The molecule has 12 nitrogen and oxygen atoms in total. The van der Waals surface area contributed by atoms with Gasteiger partial charge < -0.3 is 24.6 Å². The molecule has 1 amide bonds. The van der Waals surface area contributed by atoms with Gasteiger partial charge >= 0.3 is 6.09 Å². The Bertz CT molecular complexity index is 1520. The highest BCUT2D eigenvalue weighted by molar-refractivity contribution is 5.75. The van der Waals surface area contributed by atoms with Crippen molar-refractivity contribution in [1.29, 1.82) is 0 Å². The van der Waals surface area contributed by atoms with Gasteiger partial charge in [-0.05, 0) is 57.2 Å². The van der Waals surface area contributed by atoms with Crippen LogP contribution in [0.1, 0.15) is 39.2 Å². The van der Waals surface area contributed by atoms with E-state index < -0.39 is 5.60 Å². The first kappa shape index (κ1) is 28.0. The minimum absolute atomic E-state index is 0.244. The highest BCUT2D eigenvalue weighted by Crippen LogP contribution is 2.23. The predicted molar refractivity (Wildman–Crippen MR) is 160 cm³/mol. The number of aromatic nitrogens is 6. The predicted octanol–water partition coefficient (Wildman–Crippen LogP) is 4.30. The lowest BCUT2D eigenvalue weighted by Crippen LogP contribution is -2.43. The van der Waals surface area contributed by atoms with E-state index in [2.05, 4.69) is 49.7 Å². The number of fused-ring (bicyclic) bond motifs is 1. The van der Waals surface area contributed by atoms with Crippen LogP contribution in [0.25, 0.3) is 11.0 Å². The van der Waals surface area contributed by atoms with Crippen molar-refractivity contribution in [3.63, 3.8) is 0 Å². The molecule has 6 rings (SSSR count). The number of carbonyl (C=O) groups is 1. The first-order valence-electron chi connectivity index (χ1n) is 14.7. The molecular formula is C30H39N9O3. The van der Waals surface area contributed by atoms with E-state index in [0.29, 0.717) is 25.0 Å². The van der Waals surface area contributed by atoms with Crippen molar-refractivity contribution in [2.75, 3.05) is 49.6 Å². The van der Waals surface area contributed by atoms with E-state index in [1.807, 2.05) is 41.2 Å². The lowest BCUT2D eigenvalue weighted by atomic mass is 9.98. The van der Waals surface area contributed by atoms with Crippen LogP contribution in [0.15, 0.2) is 49.1 Å². The summed E-state index contributed by atoms with van der Waals surface area (Å²) in [6.07, 6.45) is 9.07. The van der Waals surface area contributed by atoms with E-state index in [9.17, 15) is 4.79 Å². The third kappa shape index (κ3) is 6.81. The van der Waals surface area contributed by atoms with Crippen molar-refractivity contribution in [2.24, 2.45) is 5.92 Å². The Morgan fingerprint density at radius 1 is 1.12 bits per heavy atom. The third-order valence-electron chi connectivity index (χ3n) is 7.50. The summed E-state index contributed by atoms with van der Waals surface area (Å²) < 4.78 is 14.9. The monoisotopic (exact) mass is 573 g/mol. The van der Waals surface area contributed by atoms with Gasteiger partial charge in [0.25, 0.3) is 0 Å². The van der Waals surface area contributed by atoms with Gasteiger partial charge in [0.2, 0.25) is 5.95 Å². The summed E-state index contributed by atoms with van der Waals surface area (Å²) in [5.74, 6) is 0.794.